The molecule has 0 aliphatic heterocycles. The lowest BCUT2D eigenvalue weighted by Gasteiger charge is -2.06. The van der Waals surface area contributed by atoms with Gasteiger partial charge in [-0.1, -0.05) is 0 Å². The van der Waals surface area contributed by atoms with Gasteiger partial charge in [-0.15, -0.1) is 0 Å². The van der Waals surface area contributed by atoms with E-state index in [9.17, 15) is 9.18 Å². The summed E-state index contributed by atoms with van der Waals surface area (Å²) in [6.07, 6.45) is 4.17. The highest BCUT2D eigenvalue weighted by molar-refractivity contribution is 9.10. The van der Waals surface area contributed by atoms with E-state index in [1.54, 1.807) is 12.4 Å². The number of halogens is 2. The van der Waals surface area contributed by atoms with Gasteiger partial charge in [0.15, 0.2) is 0 Å². The van der Waals surface area contributed by atoms with Crippen LogP contribution in [0.4, 0.5) is 4.39 Å². The van der Waals surface area contributed by atoms with Crippen LogP contribution < -0.4 is 5.32 Å². The van der Waals surface area contributed by atoms with Gasteiger partial charge in [0.25, 0.3) is 5.91 Å². The minimum Gasteiger partial charge on any atom is -0.352 e. The van der Waals surface area contributed by atoms with Crippen LogP contribution in [0.1, 0.15) is 15.9 Å². The molecule has 1 N–H and O–H groups in total. The lowest BCUT2D eigenvalue weighted by Crippen LogP contribution is -2.25. The lowest BCUT2D eigenvalue weighted by molar-refractivity contribution is 0.0954. The molecule has 1 aromatic heterocycles. The van der Waals surface area contributed by atoms with Crippen molar-refractivity contribution in [3.8, 4) is 0 Å². The monoisotopic (exact) mass is 322 g/mol. The summed E-state index contributed by atoms with van der Waals surface area (Å²) in [4.78, 5) is 15.8. The Kier molecular flexibility index (Phi) is 4.63. The maximum absolute atomic E-state index is 13.1. The smallest absolute Gasteiger partial charge is 0.251 e. The fraction of sp³-hybridized carbons (Fsp3) is 0.143. The van der Waals surface area contributed by atoms with Crippen LogP contribution >= 0.6 is 15.9 Å². The molecule has 2 rings (SSSR count). The Morgan fingerprint density at radius 2 is 2.00 bits per heavy atom. The van der Waals surface area contributed by atoms with E-state index in [0.717, 1.165) is 12.0 Å². The Labute approximate surface area is 119 Å². The molecule has 0 fully saturated rings. The van der Waals surface area contributed by atoms with Crippen LogP contribution in [0.5, 0.6) is 0 Å². The summed E-state index contributed by atoms with van der Waals surface area (Å²) in [5.41, 5.74) is 1.54. The Morgan fingerprint density at radius 3 is 2.68 bits per heavy atom. The van der Waals surface area contributed by atoms with Crippen molar-refractivity contribution in [1.29, 1.82) is 0 Å². The molecule has 98 valence electrons. The standard InChI is InChI=1S/C14H12BrFN2O/c15-12-9-11(1-2-13(12)16)14(19)18-8-5-10-3-6-17-7-4-10/h1-4,6-7,9H,5,8H2,(H,18,19). The fourth-order valence-electron chi connectivity index (χ4n) is 1.61. The molecule has 1 heterocycles. The van der Waals surface area contributed by atoms with Crippen LogP contribution in [0.25, 0.3) is 0 Å². The predicted molar refractivity (Wildman–Crippen MR) is 74.4 cm³/mol. The number of amides is 1. The Balaban J connectivity index is 1.89. The van der Waals surface area contributed by atoms with Gasteiger partial charge in [0.05, 0.1) is 4.47 Å². The van der Waals surface area contributed by atoms with Gasteiger partial charge in [0.2, 0.25) is 0 Å². The molecule has 0 saturated heterocycles. The average Bonchev–Trinajstić information content (AvgIpc) is 2.43. The number of aromatic nitrogens is 1. The summed E-state index contributed by atoms with van der Waals surface area (Å²) in [7, 11) is 0. The van der Waals surface area contributed by atoms with E-state index in [-0.39, 0.29) is 16.2 Å². The molecule has 0 unspecified atom stereocenters. The highest BCUT2D eigenvalue weighted by Gasteiger charge is 2.07. The number of nitrogens with one attached hydrogen (secondary N) is 1. The zero-order valence-electron chi connectivity index (χ0n) is 10.1. The van der Waals surface area contributed by atoms with Gasteiger partial charge in [-0.25, -0.2) is 4.39 Å². The summed E-state index contributed by atoms with van der Waals surface area (Å²) >= 11 is 3.06. The summed E-state index contributed by atoms with van der Waals surface area (Å²) in [6, 6.07) is 8.00. The molecule has 2 aromatic rings. The van der Waals surface area contributed by atoms with Crippen molar-refractivity contribution in [2.45, 2.75) is 6.42 Å². The van der Waals surface area contributed by atoms with Gasteiger partial charge in [0, 0.05) is 24.5 Å². The van der Waals surface area contributed by atoms with Crippen molar-refractivity contribution >= 4 is 21.8 Å². The summed E-state index contributed by atoms with van der Waals surface area (Å²) in [5, 5.41) is 2.79. The summed E-state index contributed by atoms with van der Waals surface area (Å²) in [5.74, 6) is -0.594. The first kappa shape index (κ1) is 13.7. The van der Waals surface area contributed by atoms with Crippen molar-refractivity contribution in [3.63, 3.8) is 0 Å². The molecule has 0 bridgehead atoms. The quantitative estimate of drug-likeness (QED) is 0.940. The minimum atomic E-state index is -0.381. The van der Waals surface area contributed by atoms with Crippen molar-refractivity contribution in [2.24, 2.45) is 0 Å². The maximum Gasteiger partial charge on any atom is 0.251 e. The topological polar surface area (TPSA) is 42.0 Å². The van der Waals surface area contributed by atoms with Gasteiger partial charge < -0.3 is 5.32 Å². The SMILES string of the molecule is O=C(NCCc1ccncc1)c1ccc(F)c(Br)c1. The van der Waals surface area contributed by atoms with E-state index in [1.165, 1.54) is 18.2 Å². The Bertz CT molecular complexity index is 575. The molecule has 19 heavy (non-hydrogen) atoms. The number of rotatable bonds is 4. The molecule has 1 aromatic carbocycles. The van der Waals surface area contributed by atoms with E-state index in [2.05, 4.69) is 26.2 Å². The second-order valence-electron chi connectivity index (χ2n) is 3.99. The molecule has 1 amide bonds. The number of hydrogen-bond donors (Lipinski definition) is 1. The lowest BCUT2D eigenvalue weighted by atomic mass is 10.2. The number of benzene rings is 1. The minimum absolute atomic E-state index is 0.213. The third kappa shape index (κ3) is 3.86. The summed E-state index contributed by atoms with van der Waals surface area (Å²) < 4.78 is 13.3. The highest BCUT2D eigenvalue weighted by Crippen LogP contribution is 2.16. The largest absolute Gasteiger partial charge is 0.352 e. The third-order valence-electron chi connectivity index (χ3n) is 2.63. The Hall–Kier alpha value is -1.75. The van der Waals surface area contributed by atoms with Crippen LogP contribution in [-0.4, -0.2) is 17.4 Å². The van der Waals surface area contributed by atoms with Crippen molar-refractivity contribution in [1.82, 2.24) is 10.3 Å². The fourth-order valence-corrected chi connectivity index (χ4v) is 1.99. The van der Waals surface area contributed by atoms with Gasteiger partial charge in [-0.3, -0.25) is 9.78 Å². The normalized spacial score (nSPS) is 10.2. The van der Waals surface area contributed by atoms with Gasteiger partial charge in [-0.2, -0.15) is 0 Å². The van der Waals surface area contributed by atoms with E-state index in [0.29, 0.717) is 12.1 Å². The number of pyridine rings is 1. The van der Waals surface area contributed by atoms with Crippen LogP contribution in [-0.2, 0) is 6.42 Å². The predicted octanol–water partition coefficient (Wildman–Crippen LogP) is 2.96. The highest BCUT2D eigenvalue weighted by atomic mass is 79.9. The van der Waals surface area contributed by atoms with E-state index >= 15 is 0 Å². The second-order valence-corrected chi connectivity index (χ2v) is 4.84. The first-order chi connectivity index (χ1) is 9.16. The maximum atomic E-state index is 13.1. The van der Waals surface area contributed by atoms with Gasteiger partial charge in [-0.05, 0) is 58.2 Å². The van der Waals surface area contributed by atoms with Crippen LogP contribution in [0.15, 0.2) is 47.2 Å². The second kappa shape index (κ2) is 6.43. The zero-order valence-corrected chi connectivity index (χ0v) is 11.7. The Morgan fingerprint density at radius 1 is 1.26 bits per heavy atom. The number of hydrogen-bond acceptors (Lipinski definition) is 2. The van der Waals surface area contributed by atoms with E-state index < -0.39 is 0 Å². The zero-order chi connectivity index (χ0) is 13.7. The number of carbonyl (C=O) groups is 1. The number of nitrogens with zero attached hydrogens (tertiary/aromatic N) is 1. The van der Waals surface area contributed by atoms with Gasteiger partial charge >= 0.3 is 0 Å². The molecular weight excluding hydrogens is 311 g/mol. The average molecular weight is 323 g/mol. The molecule has 5 heteroatoms. The van der Waals surface area contributed by atoms with Crippen molar-refractivity contribution in [2.75, 3.05) is 6.54 Å². The molecule has 0 atom stereocenters. The van der Waals surface area contributed by atoms with E-state index in [1.807, 2.05) is 12.1 Å². The van der Waals surface area contributed by atoms with Crippen LogP contribution in [0, 0.1) is 5.82 Å². The number of carbonyl (C=O) groups excluding carboxylic acids is 1. The van der Waals surface area contributed by atoms with Crippen molar-refractivity contribution < 1.29 is 9.18 Å². The molecule has 0 spiro atoms. The molecular formula is C14H12BrFN2O. The summed E-state index contributed by atoms with van der Waals surface area (Å²) in [6.45, 7) is 0.526. The van der Waals surface area contributed by atoms with Gasteiger partial charge in [0.1, 0.15) is 5.82 Å². The molecule has 3 nitrogen and oxygen atoms in total. The van der Waals surface area contributed by atoms with E-state index in [4.69, 9.17) is 0 Å². The molecule has 0 aliphatic rings. The molecule has 0 radical (unpaired) electrons. The first-order valence-corrected chi connectivity index (χ1v) is 6.58. The third-order valence-corrected chi connectivity index (χ3v) is 3.24. The molecule has 0 saturated carbocycles. The van der Waals surface area contributed by atoms with Crippen molar-refractivity contribution in [3.05, 3.63) is 64.1 Å². The molecule has 0 aliphatic carbocycles. The van der Waals surface area contributed by atoms with Crippen LogP contribution in [0.3, 0.4) is 0 Å². The first-order valence-electron chi connectivity index (χ1n) is 5.79. The van der Waals surface area contributed by atoms with Crippen LogP contribution in [0.2, 0.25) is 0 Å².